The molecule has 3 aromatic carbocycles. The van der Waals surface area contributed by atoms with Crippen molar-refractivity contribution in [1.29, 1.82) is 0 Å². The molecule has 194 valence electrons. The van der Waals surface area contributed by atoms with Crippen molar-refractivity contribution in [2.75, 3.05) is 55.4 Å². The topological polar surface area (TPSA) is 64.6 Å². The molecule has 0 unspecified atom stereocenters. The highest BCUT2D eigenvalue weighted by Gasteiger charge is 2.17. The van der Waals surface area contributed by atoms with Crippen molar-refractivity contribution in [3.63, 3.8) is 0 Å². The van der Waals surface area contributed by atoms with Gasteiger partial charge < -0.3 is 20.0 Å². The van der Waals surface area contributed by atoms with Gasteiger partial charge in [-0.05, 0) is 80.2 Å². The van der Waals surface area contributed by atoms with Gasteiger partial charge in [-0.2, -0.15) is 0 Å². The highest BCUT2D eigenvalue weighted by Crippen LogP contribution is 2.28. The quantitative estimate of drug-likeness (QED) is 0.377. The molecular formula is C30H31FN6O. The third-order valence-electron chi connectivity index (χ3n) is 6.89. The number of amides is 1. The van der Waals surface area contributed by atoms with Gasteiger partial charge in [-0.15, -0.1) is 0 Å². The minimum Gasteiger partial charge on any atom is -0.369 e. The number of likely N-dealkylation sites (N-methyl/N-ethyl adjacent to an activating group) is 1. The minimum atomic E-state index is -0.295. The SMILES string of the molecule is Cc1ccc(C(=O)Nc2cccc(N3CCN(C)CC3)c2)cc1N(C)c1nccc(-c2ccc(F)cc2)n1. The van der Waals surface area contributed by atoms with E-state index in [1.807, 2.05) is 55.3 Å². The van der Waals surface area contributed by atoms with E-state index in [1.165, 1.54) is 12.1 Å². The highest BCUT2D eigenvalue weighted by molar-refractivity contribution is 6.05. The number of aromatic nitrogens is 2. The molecule has 2 heterocycles. The summed E-state index contributed by atoms with van der Waals surface area (Å²) in [6.45, 7) is 5.95. The average molecular weight is 511 g/mol. The van der Waals surface area contributed by atoms with Crippen molar-refractivity contribution in [2.24, 2.45) is 0 Å². The number of nitrogens with zero attached hydrogens (tertiary/aromatic N) is 5. The van der Waals surface area contributed by atoms with Crippen LogP contribution in [0.1, 0.15) is 15.9 Å². The van der Waals surface area contributed by atoms with Crippen LogP contribution in [0.5, 0.6) is 0 Å². The van der Waals surface area contributed by atoms with Gasteiger partial charge in [0.05, 0.1) is 5.69 Å². The van der Waals surface area contributed by atoms with E-state index in [9.17, 15) is 9.18 Å². The van der Waals surface area contributed by atoms with Gasteiger partial charge in [-0.3, -0.25) is 4.79 Å². The summed E-state index contributed by atoms with van der Waals surface area (Å²) in [4.78, 5) is 28.8. The largest absolute Gasteiger partial charge is 0.369 e. The first kappa shape index (κ1) is 25.4. The molecule has 1 aliphatic heterocycles. The van der Waals surface area contributed by atoms with Crippen molar-refractivity contribution in [3.8, 4) is 11.3 Å². The second-order valence-corrected chi connectivity index (χ2v) is 9.60. The fourth-order valence-electron chi connectivity index (χ4n) is 4.56. The van der Waals surface area contributed by atoms with Gasteiger partial charge in [-0.25, -0.2) is 14.4 Å². The number of hydrogen-bond acceptors (Lipinski definition) is 6. The van der Waals surface area contributed by atoms with Gasteiger partial charge in [0.2, 0.25) is 5.95 Å². The van der Waals surface area contributed by atoms with E-state index in [2.05, 4.69) is 38.2 Å². The Morgan fingerprint density at radius 3 is 2.50 bits per heavy atom. The van der Waals surface area contributed by atoms with Crippen LogP contribution in [-0.2, 0) is 0 Å². The zero-order chi connectivity index (χ0) is 26.6. The minimum absolute atomic E-state index is 0.184. The molecule has 1 saturated heterocycles. The van der Waals surface area contributed by atoms with E-state index in [-0.39, 0.29) is 11.7 Å². The molecular weight excluding hydrogens is 479 g/mol. The second kappa shape index (κ2) is 11.0. The number of hydrogen-bond donors (Lipinski definition) is 1. The van der Waals surface area contributed by atoms with Gasteiger partial charge in [0.1, 0.15) is 5.82 Å². The maximum absolute atomic E-state index is 13.4. The summed E-state index contributed by atoms with van der Waals surface area (Å²) in [6, 6.07) is 21.6. The van der Waals surface area contributed by atoms with Crippen LogP contribution in [0.15, 0.2) is 79.0 Å². The molecule has 0 atom stereocenters. The molecule has 0 radical (unpaired) electrons. The van der Waals surface area contributed by atoms with Crippen LogP contribution in [0, 0.1) is 12.7 Å². The number of rotatable bonds is 6. The fourth-order valence-corrected chi connectivity index (χ4v) is 4.56. The number of anilines is 4. The molecule has 1 aliphatic rings. The Labute approximate surface area is 222 Å². The summed E-state index contributed by atoms with van der Waals surface area (Å²) < 4.78 is 13.4. The molecule has 0 aliphatic carbocycles. The maximum atomic E-state index is 13.4. The summed E-state index contributed by atoms with van der Waals surface area (Å²) >= 11 is 0. The summed E-state index contributed by atoms with van der Waals surface area (Å²) in [6.07, 6.45) is 1.68. The Kier molecular flexibility index (Phi) is 7.33. The van der Waals surface area contributed by atoms with Gasteiger partial charge in [0, 0.05) is 67.6 Å². The van der Waals surface area contributed by atoms with Crippen LogP contribution in [-0.4, -0.2) is 61.0 Å². The molecule has 1 amide bonds. The van der Waals surface area contributed by atoms with Gasteiger partial charge in [-0.1, -0.05) is 12.1 Å². The van der Waals surface area contributed by atoms with Crippen molar-refractivity contribution >= 4 is 28.9 Å². The monoisotopic (exact) mass is 510 g/mol. The lowest BCUT2D eigenvalue weighted by atomic mass is 10.1. The Hall–Kier alpha value is -4.30. The van der Waals surface area contributed by atoms with Gasteiger partial charge in [0.25, 0.3) is 5.91 Å². The van der Waals surface area contributed by atoms with Gasteiger partial charge in [0.15, 0.2) is 0 Å². The van der Waals surface area contributed by atoms with Crippen LogP contribution >= 0.6 is 0 Å². The van der Waals surface area contributed by atoms with Crippen molar-refractivity contribution in [2.45, 2.75) is 6.92 Å². The first-order valence-corrected chi connectivity index (χ1v) is 12.7. The molecule has 7 nitrogen and oxygen atoms in total. The van der Waals surface area contributed by atoms with Crippen LogP contribution in [0.3, 0.4) is 0 Å². The standard InChI is InChI=1S/C30H31FN6O/c1-21-7-8-23(29(38)33-25-5-4-6-26(20-25)37-17-15-35(2)16-18-37)19-28(21)36(3)30-32-14-13-27(34-30)22-9-11-24(31)12-10-22/h4-14,19-20H,15-18H2,1-3H3,(H,33,38). The number of halogens is 1. The number of benzene rings is 3. The molecule has 0 saturated carbocycles. The number of piperazine rings is 1. The normalized spacial score (nSPS) is 13.8. The van der Waals surface area contributed by atoms with Crippen LogP contribution in [0.4, 0.5) is 27.4 Å². The van der Waals surface area contributed by atoms with Crippen molar-refractivity contribution in [3.05, 3.63) is 95.9 Å². The number of nitrogens with one attached hydrogen (secondary N) is 1. The lowest BCUT2D eigenvalue weighted by molar-refractivity contribution is 0.102. The van der Waals surface area contributed by atoms with Crippen LogP contribution < -0.4 is 15.1 Å². The third-order valence-corrected chi connectivity index (χ3v) is 6.89. The number of aryl methyl sites for hydroxylation is 1. The Morgan fingerprint density at radius 2 is 1.74 bits per heavy atom. The van der Waals surface area contributed by atoms with Crippen LogP contribution in [0.2, 0.25) is 0 Å². The predicted octanol–water partition coefficient (Wildman–Crippen LogP) is 5.36. The van der Waals surface area contributed by atoms with E-state index in [0.717, 1.165) is 54.4 Å². The van der Waals surface area contributed by atoms with E-state index in [0.29, 0.717) is 17.2 Å². The first-order chi connectivity index (χ1) is 18.4. The van der Waals surface area contributed by atoms with Gasteiger partial charge >= 0.3 is 0 Å². The molecule has 8 heteroatoms. The molecule has 38 heavy (non-hydrogen) atoms. The molecule has 1 aromatic heterocycles. The van der Waals surface area contributed by atoms with E-state index in [1.54, 1.807) is 24.4 Å². The van der Waals surface area contributed by atoms with Crippen molar-refractivity contribution < 1.29 is 9.18 Å². The zero-order valence-electron chi connectivity index (χ0n) is 21.9. The summed E-state index contributed by atoms with van der Waals surface area (Å²) in [5, 5.41) is 3.05. The second-order valence-electron chi connectivity index (χ2n) is 9.60. The molecule has 0 bridgehead atoms. The molecule has 1 fully saturated rings. The maximum Gasteiger partial charge on any atom is 0.255 e. The smallest absolute Gasteiger partial charge is 0.255 e. The Morgan fingerprint density at radius 1 is 0.974 bits per heavy atom. The van der Waals surface area contributed by atoms with E-state index >= 15 is 0 Å². The highest BCUT2D eigenvalue weighted by atomic mass is 19.1. The Balaban J connectivity index is 1.34. The summed E-state index contributed by atoms with van der Waals surface area (Å²) in [7, 11) is 4.00. The van der Waals surface area contributed by atoms with Crippen LogP contribution in [0.25, 0.3) is 11.3 Å². The number of carbonyl (C=O) groups is 1. The molecule has 1 N–H and O–H groups in total. The predicted molar refractivity (Wildman–Crippen MR) is 151 cm³/mol. The fraction of sp³-hybridized carbons (Fsp3) is 0.233. The molecule has 4 aromatic rings. The summed E-state index contributed by atoms with van der Waals surface area (Å²) in [5.41, 5.74) is 5.70. The molecule has 5 rings (SSSR count). The van der Waals surface area contributed by atoms with E-state index < -0.39 is 0 Å². The average Bonchev–Trinajstić information content (AvgIpc) is 2.94. The lowest BCUT2D eigenvalue weighted by Gasteiger charge is -2.34. The lowest BCUT2D eigenvalue weighted by Crippen LogP contribution is -2.44. The zero-order valence-corrected chi connectivity index (χ0v) is 21.9. The summed E-state index contributed by atoms with van der Waals surface area (Å²) in [5.74, 6) is 0.000406. The van der Waals surface area contributed by atoms with E-state index in [4.69, 9.17) is 0 Å². The first-order valence-electron chi connectivity index (χ1n) is 12.7. The third kappa shape index (κ3) is 5.65. The van der Waals surface area contributed by atoms with Crippen molar-refractivity contribution in [1.82, 2.24) is 14.9 Å². The Bertz CT molecular complexity index is 1430. The number of carbonyl (C=O) groups excluding carboxylic acids is 1. The molecule has 0 spiro atoms.